The van der Waals surface area contributed by atoms with Gasteiger partial charge in [0.25, 0.3) is 5.69 Å². The van der Waals surface area contributed by atoms with E-state index in [4.69, 9.17) is 0 Å². The SMILES string of the molecule is CC1(C)CC(=Cc2ccc([N+](=O)[O-])cc2)CN(Cc2ccccc2)C1. The fraction of sp³-hybridized carbons (Fsp3) is 0.333. The zero-order chi connectivity index (χ0) is 17.9. The first kappa shape index (κ1) is 17.4. The highest BCUT2D eigenvalue weighted by Crippen LogP contribution is 2.33. The minimum absolute atomic E-state index is 0.136. The molecule has 0 radical (unpaired) electrons. The van der Waals surface area contributed by atoms with Crippen LogP contribution >= 0.6 is 0 Å². The predicted octanol–water partition coefficient (Wildman–Crippen LogP) is 4.91. The lowest BCUT2D eigenvalue weighted by molar-refractivity contribution is -0.384. The number of nitro benzene ring substituents is 1. The van der Waals surface area contributed by atoms with Gasteiger partial charge in [-0.3, -0.25) is 15.0 Å². The Morgan fingerprint density at radius 3 is 2.44 bits per heavy atom. The second kappa shape index (κ2) is 7.19. The summed E-state index contributed by atoms with van der Waals surface area (Å²) in [5.41, 5.74) is 4.09. The van der Waals surface area contributed by atoms with Gasteiger partial charge in [0.2, 0.25) is 0 Å². The molecule has 0 bridgehead atoms. The standard InChI is InChI=1S/C21H24N2O2/c1-21(2)13-19(12-17-8-10-20(11-9-17)23(24)25)15-22(16-21)14-18-6-4-3-5-7-18/h3-12H,13-16H2,1-2H3. The first-order valence-electron chi connectivity index (χ1n) is 8.61. The minimum atomic E-state index is -0.359. The molecular formula is C21H24N2O2. The summed E-state index contributed by atoms with van der Waals surface area (Å²) in [5.74, 6) is 0. The number of hydrogen-bond acceptors (Lipinski definition) is 3. The van der Waals surface area contributed by atoms with Crippen LogP contribution in [-0.4, -0.2) is 22.9 Å². The van der Waals surface area contributed by atoms with Gasteiger partial charge in [-0.25, -0.2) is 0 Å². The zero-order valence-corrected chi connectivity index (χ0v) is 14.8. The molecule has 4 nitrogen and oxygen atoms in total. The fourth-order valence-electron chi connectivity index (χ4n) is 3.65. The molecule has 0 saturated carbocycles. The van der Waals surface area contributed by atoms with E-state index in [1.165, 1.54) is 11.1 Å². The molecule has 1 fully saturated rings. The van der Waals surface area contributed by atoms with E-state index in [0.717, 1.165) is 31.6 Å². The summed E-state index contributed by atoms with van der Waals surface area (Å²) in [6.07, 6.45) is 3.23. The maximum absolute atomic E-state index is 10.8. The Morgan fingerprint density at radius 1 is 1.12 bits per heavy atom. The molecule has 1 aliphatic heterocycles. The normalized spacial score (nSPS) is 19.0. The first-order valence-corrected chi connectivity index (χ1v) is 8.61. The van der Waals surface area contributed by atoms with Gasteiger partial charge in [-0.05, 0) is 35.1 Å². The van der Waals surface area contributed by atoms with Crippen molar-refractivity contribution < 1.29 is 4.92 Å². The van der Waals surface area contributed by atoms with Crippen molar-refractivity contribution in [2.75, 3.05) is 13.1 Å². The van der Waals surface area contributed by atoms with Crippen molar-refractivity contribution in [3.05, 3.63) is 81.4 Å². The Balaban J connectivity index is 1.77. The average molecular weight is 336 g/mol. The number of hydrogen-bond donors (Lipinski definition) is 0. The molecular weight excluding hydrogens is 312 g/mol. The van der Waals surface area contributed by atoms with Gasteiger partial charge >= 0.3 is 0 Å². The van der Waals surface area contributed by atoms with Gasteiger partial charge in [-0.2, -0.15) is 0 Å². The Labute approximate surface area is 148 Å². The van der Waals surface area contributed by atoms with Crippen LogP contribution in [0.3, 0.4) is 0 Å². The van der Waals surface area contributed by atoms with Crippen LogP contribution in [0.1, 0.15) is 31.4 Å². The number of piperidine rings is 1. The third kappa shape index (κ3) is 4.77. The summed E-state index contributed by atoms with van der Waals surface area (Å²) in [6, 6.07) is 17.3. The van der Waals surface area contributed by atoms with Crippen molar-refractivity contribution in [2.45, 2.75) is 26.8 Å². The lowest BCUT2D eigenvalue weighted by atomic mass is 9.81. The number of likely N-dealkylation sites (tertiary alicyclic amines) is 1. The van der Waals surface area contributed by atoms with Crippen molar-refractivity contribution in [1.29, 1.82) is 0 Å². The third-order valence-corrected chi connectivity index (χ3v) is 4.51. The zero-order valence-electron chi connectivity index (χ0n) is 14.8. The molecule has 0 N–H and O–H groups in total. The topological polar surface area (TPSA) is 46.4 Å². The van der Waals surface area contributed by atoms with Crippen LogP contribution in [0.2, 0.25) is 0 Å². The smallest absolute Gasteiger partial charge is 0.269 e. The molecule has 1 saturated heterocycles. The monoisotopic (exact) mass is 336 g/mol. The van der Waals surface area contributed by atoms with Crippen LogP contribution in [-0.2, 0) is 6.54 Å². The highest BCUT2D eigenvalue weighted by atomic mass is 16.6. The molecule has 0 unspecified atom stereocenters. The molecule has 2 aromatic carbocycles. The molecule has 0 atom stereocenters. The van der Waals surface area contributed by atoms with E-state index in [-0.39, 0.29) is 16.0 Å². The number of nitro groups is 1. The van der Waals surface area contributed by atoms with Crippen LogP contribution < -0.4 is 0 Å². The van der Waals surface area contributed by atoms with E-state index >= 15 is 0 Å². The predicted molar refractivity (Wildman–Crippen MR) is 101 cm³/mol. The largest absolute Gasteiger partial charge is 0.295 e. The molecule has 1 heterocycles. The molecule has 0 aliphatic carbocycles. The molecule has 25 heavy (non-hydrogen) atoms. The van der Waals surface area contributed by atoms with Crippen molar-refractivity contribution >= 4 is 11.8 Å². The van der Waals surface area contributed by atoms with Crippen LogP contribution in [0.5, 0.6) is 0 Å². The van der Waals surface area contributed by atoms with Gasteiger partial charge in [0.1, 0.15) is 0 Å². The Kier molecular flexibility index (Phi) is 5.00. The van der Waals surface area contributed by atoms with E-state index in [1.807, 2.05) is 18.2 Å². The molecule has 0 aromatic heterocycles. The molecule has 4 heteroatoms. The average Bonchev–Trinajstić information content (AvgIpc) is 2.54. The van der Waals surface area contributed by atoms with E-state index in [0.29, 0.717) is 0 Å². The lowest BCUT2D eigenvalue weighted by Crippen LogP contribution is -2.40. The Hall–Kier alpha value is -2.46. The highest BCUT2D eigenvalue weighted by Gasteiger charge is 2.29. The van der Waals surface area contributed by atoms with Crippen molar-refractivity contribution in [1.82, 2.24) is 4.90 Å². The highest BCUT2D eigenvalue weighted by molar-refractivity contribution is 5.55. The molecule has 0 spiro atoms. The second-order valence-electron chi connectivity index (χ2n) is 7.62. The summed E-state index contributed by atoms with van der Waals surface area (Å²) in [5, 5.41) is 10.8. The molecule has 130 valence electrons. The van der Waals surface area contributed by atoms with Crippen LogP contribution in [0.15, 0.2) is 60.2 Å². The quantitative estimate of drug-likeness (QED) is 0.588. The number of rotatable bonds is 4. The molecule has 3 rings (SSSR count). The van der Waals surface area contributed by atoms with Crippen molar-refractivity contribution in [3.8, 4) is 0 Å². The second-order valence-corrected chi connectivity index (χ2v) is 7.62. The summed E-state index contributed by atoms with van der Waals surface area (Å²) < 4.78 is 0. The van der Waals surface area contributed by atoms with Gasteiger partial charge in [0, 0.05) is 31.8 Å². The molecule has 1 aliphatic rings. The lowest BCUT2D eigenvalue weighted by Gasteiger charge is -2.39. The third-order valence-electron chi connectivity index (χ3n) is 4.51. The maximum atomic E-state index is 10.8. The van der Waals surface area contributed by atoms with Gasteiger partial charge in [-0.15, -0.1) is 0 Å². The summed E-state index contributed by atoms with van der Waals surface area (Å²) in [4.78, 5) is 12.9. The number of nitrogens with zero attached hydrogens (tertiary/aromatic N) is 2. The summed E-state index contributed by atoms with van der Waals surface area (Å²) in [6.45, 7) is 7.55. The van der Waals surface area contributed by atoms with E-state index < -0.39 is 0 Å². The minimum Gasteiger partial charge on any atom is -0.295 e. The van der Waals surface area contributed by atoms with Crippen molar-refractivity contribution in [2.24, 2.45) is 5.41 Å². The van der Waals surface area contributed by atoms with Gasteiger partial charge in [0.05, 0.1) is 4.92 Å². The fourth-order valence-corrected chi connectivity index (χ4v) is 3.65. The van der Waals surface area contributed by atoms with E-state index in [9.17, 15) is 10.1 Å². The van der Waals surface area contributed by atoms with Gasteiger partial charge < -0.3 is 0 Å². The molecule has 2 aromatic rings. The summed E-state index contributed by atoms with van der Waals surface area (Å²) >= 11 is 0. The Morgan fingerprint density at radius 2 is 1.80 bits per heavy atom. The molecule has 0 amide bonds. The van der Waals surface area contributed by atoms with Gasteiger partial charge in [-0.1, -0.05) is 55.8 Å². The maximum Gasteiger partial charge on any atom is 0.269 e. The van der Waals surface area contributed by atoms with Crippen molar-refractivity contribution in [3.63, 3.8) is 0 Å². The number of non-ortho nitro benzene ring substituents is 1. The van der Waals surface area contributed by atoms with E-state index in [1.54, 1.807) is 12.1 Å². The summed E-state index contributed by atoms with van der Waals surface area (Å²) in [7, 11) is 0. The van der Waals surface area contributed by atoms with E-state index in [2.05, 4.69) is 49.1 Å². The van der Waals surface area contributed by atoms with Crippen LogP contribution in [0.4, 0.5) is 5.69 Å². The van der Waals surface area contributed by atoms with Gasteiger partial charge in [0.15, 0.2) is 0 Å². The Bertz CT molecular complexity index is 764. The first-order chi connectivity index (χ1) is 11.9. The number of benzene rings is 2. The van der Waals surface area contributed by atoms with Crippen LogP contribution in [0.25, 0.3) is 6.08 Å². The van der Waals surface area contributed by atoms with Crippen LogP contribution in [0, 0.1) is 15.5 Å².